The molecule has 0 aromatic carbocycles. The number of carbonyl (C=O) groups is 1. The zero-order valence-electron chi connectivity index (χ0n) is 11.4. The Morgan fingerprint density at radius 3 is 2.81 bits per heavy atom. The fourth-order valence-electron chi connectivity index (χ4n) is 2.36. The Balaban J connectivity index is 1.80. The minimum Gasteiger partial charge on any atom is -0.477 e. The van der Waals surface area contributed by atoms with Crippen molar-refractivity contribution in [3.63, 3.8) is 0 Å². The Hall–Kier alpha value is -1.92. The molecule has 0 spiro atoms. The summed E-state index contributed by atoms with van der Waals surface area (Å²) < 4.78 is 32.0. The predicted octanol–water partition coefficient (Wildman–Crippen LogP) is 2.41. The topological polar surface area (TPSA) is 62.7 Å². The van der Waals surface area contributed by atoms with E-state index in [0.717, 1.165) is 12.8 Å². The van der Waals surface area contributed by atoms with Crippen LogP contribution in [0.5, 0.6) is 5.88 Å². The van der Waals surface area contributed by atoms with Gasteiger partial charge in [-0.1, -0.05) is 0 Å². The molecule has 2 heterocycles. The predicted molar refractivity (Wildman–Crippen MR) is 71.2 cm³/mol. The molecule has 1 aliphatic heterocycles. The fourth-order valence-corrected chi connectivity index (χ4v) is 2.36. The molecule has 1 N–H and O–H groups in total. The molecule has 21 heavy (non-hydrogen) atoms. The van der Waals surface area contributed by atoms with Crippen molar-refractivity contribution in [1.29, 1.82) is 0 Å². The Labute approximate surface area is 120 Å². The van der Waals surface area contributed by atoms with Crippen LogP contribution in [0.2, 0.25) is 0 Å². The van der Waals surface area contributed by atoms with Crippen LogP contribution in [0.1, 0.15) is 29.8 Å². The molecule has 7 heteroatoms. The average Bonchev–Trinajstić information content (AvgIpc) is 3.19. The molecule has 1 aromatic heterocycles. The first-order valence-corrected chi connectivity index (χ1v) is 6.94. The molecule has 3 rings (SSSR count). The van der Waals surface area contributed by atoms with Crippen molar-refractivity contribution in [2.45, 2.75) is 25.2 Å². The minimum atomic E-state index is -2.78. The Morgan fingerprint density at radius 1 is 1.48 bits per heavy atom. The maximum Gasteiger partial charge on any atom is 0.356 e. The largest absolute Gasteiger partial charge is 0.477 e. The van der Waals surface area contributed by atoms with Crippen LogP contribution in [0, 0.1) is 5.92 Å². The highest BCUT2D eigenvalue weighted by Crippen LogP contribution is 2.33. The summed E-state index contributed by atoms with van der Waals surface area (Å²) in [5, 5.41) is 9.24. The van der Waals surface area contributed by atoms with Crippen molar-refractivity contribution in [3.8, 4) is 5.88 Å². The van der Waals surface area contributed by atoms with Gasteiger partial charge in [-0.05, 0) is 24.8 Å². The zero-order valence-corrected chi connectivity index (χ0v) is 11.4. The van der Waals surface area contributed by atoms with E-state index in [2.05, 4.69) is 4.98 Å². The second-order valence-electron chi connectivity index (χ2n) is 5.60. The van der Waals surface area contributed by atoms with Gasteiger partial charge in [-0.3, -0.25) is 0 Å². The highest BCUT2D eigenvalue weighted by molar-refractivity contribution is 5.92. The molecular formula is C14H16F2N2O3. The number of hydrogen-bond donors (Lipinski definition) is 1. The monoisotopic (exact) mass is 298 g/mol. The smallest absolute Gasteiger partial charge is 0.356 e. The highest BCUT2D eigenvalue weighted by Gasteiger charge is 2.39. The van der Waals surface area contributed by atoms with Gasteiger partial charge in [-0.15, -0.1) is 0 Å². The summed E-state index contributed by atoms with van der Waals surface area (Å²) in [6.07, 6.45) is 1.96. The van der Waals surface area contributed by atoms with E-state index in [-0.39, 0.29) is 30.2 Å². The maximum absolute atomic E-state index is 13.3. The molecule has 2 aliphatic rings. The van der Waals surface area contributed by atoms with Gasteiger partial charge in [-0.2, -0.15) is 0 Å². The number of pyridine rings is 1. The number of aromatic nitrogens is 1. The molecule has 0 radical (unpaired) electrons. The van der Waals surface area contributed by atoms with E-state index in [0.29, 0.717) is 12.5 Å². The van der Waals surface area contributed by atoms with E-state index in [1.165, 1.54) is 11.0 Å². The summed E-state index contributed by atoms with van der Waals surface area (Å²) >= 11 is 0. The summed E-state index contributed by atoms with van der Waals surface area (Å²) in [6, 6.07) is 3.04. The van der Waals surface area contributed by atoms with Crippen molar-refractivity contribution < 1.29 is 23.4 Å². The van der Waals surface area contributed by atoms with Crippen LogP contribution in [-0.2, 0) is 0 Å². The van der Waals surface area contributed by atoms with Gasteiger partial charge in [0.15, 0.2) is 5.69 Å². The molecule has 114 valence electrons. The van der Waals surface area contributed by atoms with Crippen molar-refractivity contribution >= 4 is 11.7 Å². The van der Waals surface area contributed by atoms with Gasteiger partial charge in [0.05, 0.1) is 18.8 Å². The molecule has 1 saturated heterocycles. The standard InChI is InChI=1S/C14H16F2N2O3/c15-14(16)5-6-18(8-14)10-3-4-11(17-12(10)13(19)20)21-7-9-1-2-9/h3-4,9H,1-2,5-8H2,(H,19,20). The second kappa shape index (κ2) is 5.13. The third-order valence-corrected chi connectivity index (χ3v) is 3.73. The Kier molecular flexibility index (Phi) is 3.43. The van der Waals surface area contributed by atoms with Gasteiger partial charge in [0.2, 0.25) is 5.88 Å². The number of anilines is 1. The molecule has 1 aliphatic carbocycles. The molecule has 0 atom stereocenters. The first-order valence-electron chi connectivity index (χ1n) is 6.94. The number of carboxylic acids is 1. The lowest BCUT2D eigenvalue weighted by molar-refractivity contribution is 0.0256. The van der Waals surface area contributed by atoms with Crippen LogP contribution >= 0.6 is 0 Å². The van der Waals surface area contributed by atoms with Gasteiger partial charge in [0.25, 0.3) is 5.92 Å². The van der Waals surface area contributed by atoms with Crippen LogP contribution in [0.25, 0.3) is 0 Å². The number of carboxylic acid groups (broad SMARTS) is 1. The summed E-state index contributed by atoms with van der Waals surface area (Å²) in [4.78, 5) is 16.6. The Bertz CT molecular complexity index is 561. The van der Waals surface area contributed by atoms with E-state index >= 15 is 0 Å². The van der Waals surface area contributed by atoms with E-state index in [1.54, 1.807) is 6.07 Å². The third-order valence-electron chi connectivity index (χ3n) is 3.73. The first-order chi connectivity index (χ1) is 9.94. The Morgan fingerprint density at radius 2 is 2.24 bits per heavy atom. The van der Waals surface area contributed by atoms with Gasteiger partial charge < -0.3 is 14.7 Å². The van der Waals surface area contributed by atoms with Crippen LogP contribution in [0.15, 0.2) is 12.1 Å². The van der Waals surface area contributed by atoms with E-state index in [1.807, 2.05) is 0 Å². The second-order valence-corrected chi connectivity index (χ2v) is 5.60. The third kappa shape index (κ3) is 3.22. The zero-order chi connectivity index (χ0) is 15.0. The molecule has 0 unspecified atom stereocenters. The molecule has 5 nitrogen and oxygen atoms in total. The van der Waals surface area contributed by atoms with Crippen molar-refractivity contribution in [2.75, 3.05) is 24.6 Å². The molecule has 1 saturated carbocycles. The van der Waals surface area contributed by atoms with Crippen LogP contribution in [-0.4, -0.2) is 41.7 Å². The number of ether oxygens (including phenoxy) is 1. The van der Waals surface area contributed by atoms with Crippen LogP contribution in [0.4, 0.5) is 14.5 Å². The minimum absolute atomic E-state index is 0.122. The number of nitrogens with zero attached hydrogens (tertiary/aromatic N) is 2. The first kappa shape index (κ1) is 14.0. The molecular weight excluding hydrogens is 282 g/mol. The number of alkyl halides is 2. The van der Waals surface area contributed by atoms with E-state index in [4.69, 9.17) is 4.74 Å². The molecule has 0 amide bonds. The number of halogens is 2. The maximum atomic E-state index is 13.3. The van der Waals surface area contributed by atoms with Gasteiger partial charge in [0.1, 0.15) is 0 Å². The van der Waals surface area contributed by atoms with Crippen LogP contribution < -0.4 is 9.64 Å². The lowest BCUT2D eigenvalue weighted by Gasteiger charge is -2.20. The summed E-state index contributed by atoms with van der Waals surface area (Å²) in [5.41, 5.74) is -0.0144. The molecule has 0 bridgehead atoms. The van der Waals surface area contributed by atoms with Gasteiger partial charge >= 0.3 is 5.97 Å². The summed E-state index contributed by atoms with van der Waals surface area (Å²) in [6.45, 7) is 0.168. The highest BCUT2D eigenvalue weighted by atomic mass is 19.3. The molecule has 1 aromatic rings. The van der Waals surface area contributed by atoms with Crippen molar-refractivity contribution in [2.24, 2.45) is 5.92 Å². The quantitative estimate of drug-likeness (QED) is 0.904. The van der Waals surface area contributed by atoms with E-state index in [9.17, 15) is 18.7 Å². The number of rotatable bonds is 5. The lowest BCUT2D eigenvalue weighted by atomic mass is 10.2. The molecule has 2 fully saturated rings. The van der Waals surface area contributed by atoms with Crippen LogP contribution in [0.3, 0.4) is 0 Å². The number of hydrogen-bond acceptors (Lipinski definition) is 4. The van der Waals surface area contributed by atoms with E-state index < -0.39 is 18.4 Å². The number of aromatic carboxylic acids is 1. The fraction of sp³-hybridized carbons (Fsp3) is 0.571. The lowest BCUT2D eigenvalue weighted by Crippen LogP contribution is -2.26. The van der Waals surface area contributed by atoms with Crippen molar-refractivity contribution in [1.82, 2.24) is 4.98 Å². The van der Waals surface area contributed by atoms with Gasteiger partial charge in [-0.25, -0.2) is 18.6 Å². The average molecular weight is 298 g/mol. The SMILES string of the molecule is O=C(O)c1nc(OCC2CC2)ccc1N1CCC(F)(F)C1. The van der Waals surface area contributed by atoms with Crippen molar-refractivity contribution in [3.05, 3.63) is 17.8 Å². The summed E-state index contributed by atoms with van der Waals surface area (Å²) in [5.74, 6) is -3.26. The summed E-state index contributed by atoms with van der Waals surface area (Å²) in [7, 11) is 0. The van der Waals surface area contributed by atoms with Gasteiger partial charge in [0, 0.05) is 19.0 Å². The normalized spacial score (nSPS) is 20.6.